The van der Waals surface area contributed by atoms with Gasteiger partial charge in [0, 0.05) is 23.5 Å². The number of pyridine rings is 1. The molecule has 0 aromatic carbocycles. The second-order valence-electron chi connectivity index (χ2n) is 5.49. The van der Waals surface area contributed by atoms with Crippen molar-refractivity contribution in [3.05, 3.63) is 53.8 Å². The molecule has 1 atom stereocenters. The highest BCUT2D eigenvalue weighted by atomic mass is 35.5. The van der Waals surface area contributed by atoms with Crippen LogP contribution in [0.4, 0.5) is 0 Å². The van der Waals surface area contributed by atoms with Crippen molar-refractivity contribution in [3.63, 3.8) is 0 Å². The van der Waals surface area contributed by atoms with Crippen LogP contribution in [0.3, 0.4) is 0 Å². The van der Waals surface area contributed by atoms with Crippen LogP contribution >= 0.6 is 11.6 Å². The SMILES string of the molecule is CC(c1cc(Cl)c2cncn2c1-c1cn[nH]c1)N1C=CCN1N. The van der Waals surface area contributed by atoms with Gasteiger partial charge in [0.25, 0.3) is 0 Å². The number of nitrogens with zero attached hydrogens (tertiary/aromatic N) is 5. The molecule has 3 aromatic rings. The highest BCUT2D eigenvalue weighted by Crippen LogP contribution is 2.36. The van der Waals surface area contributed by atoms with Crippen LogP contribution in [-0.2, 0) is 0 Å². The number of rotatable bonds is 3. The van der Waals surface area contributed by atoms with Gasteiger partial charge in [-0.1, -0.05) is 11.6 Å². The Balaban J connectivity index is 1.95. The molecule has 0 radical (unpaired) electrons. The zero-order chi connectivity index (χ0) is 16.0. The first-order chi connectivity index (χ1) is 11.2. The van der Waals surface area contributed by atoms with Crippen molar-refractivity contribution in [1.82, 2.24) is 29.7 Å². The standard InChI is InChI=1S/C15H16ClN7/c1-10(22-3-2-4-23(22)17)12-5-13(16)14-8-18-9-21(14)15(12)11-6-19-20-7-11/h2-3,5-10H,4,17H2,1H3,(H,19,20). The third-order valence-electron chi connectivity index (χ3n) is 4.15. The van der Waals surface area contributed by atoms with Gasteiger partial charge in [-0.3, -0.25) is 20.4 Å². The molecular weight excluding hydrogens is 314 g/mol. The summed E-state index contributed by atoms with van der Waals surface area (Å²) < 4.78 is 1.99. The molecule has 7 nitrogen and oxygen atoms in total. The molecular formula is C15H16ClN7. The smallest absolute Gasteiger partial charge is 0.0997 e. The lowest BCUT2D eigenvalue weighted by Gasteiger charge is -2.32. The van der Waals surface area contributed by atoms with E-state index in [1.54, 1.807) is 23.8 Å². The Hall–Kier alpha value is -2.35. The fourth-order valence-electron chi connectivity index (χ4n) is 3.01. The molecule has 4 rings (SSSR count). The van der Waals surface area contributed by atoms with Gasteiger partial charge >= 0.3 is 0 Å². The number of hydrazine groups is 2. The molecule has 0 bridgehead atoms. The quantitative estimate of drug-likeness (QED) is 0.721. The molecule has 0 aliphatic carbocycles. The molecule has 4 heterocycles. The van der Waals surface area contributed by atoms with E-state index in [-0.39, 0.29) is 6.04 Å². The van der Waals surface area contributed by atoms with E-state index in [9.17, 15) is 0 Å². The van der Waals surface area contributed by atoms with Crippen LogP contribution in [0, 0.1) is 0 Å². The molecule has 0 spiro atoms. The van der Waals surface area contributed by atoms with Crippen LogP contribution in [0.25, 0.3) is 16.8 Å². The average Bonchev–Trinajstić information content (AvgIpc) is 3.27. The van der Waals surface area contributed by atoms with Gasteiger partial charge in [-0.25, -0.2) is 4.98 Å². The number of H-pyrrole nitrogens is 1. The number of aromatic nitrogens is 4. The van der Waals surface area contributed by atoms with Crippen molar-refractivity contribution in [2.45, 2.75) is 13.0 Å². The highest BCUT2D eigenvalue weighted by Gasteiger charge is 2.25. The first kappa shape index (κ1) is 14.3. The Kier molecular flexibility index (Phi) is 3.33. The minimum Gasteiger partial charge on any atom is -0.297 e. The molecule has 1 unspecified atom stereocenters. The average molecular weight is 330 g/mol. The maximum atomic E-state index is 6.46. The van der Waals surface area contributed by atoms with Gasteiger partial charge in [0.1, 0.15) is 0 Å². The second-order valence-corrected chi connectivity index (χ2v) is 5.90. The number of hydrogen-bond acceptors (Lipinski definition) is 5. The number of fused-ring (bicyclic) bond motifs is 1. The number of nitrogens with two attached hydrogens (primary N) is 1. The van der Waals surface area contributed by atoms with Crippen molar-refractivity contribution in [2.75, 3.05) is 6.54 Å². The lowest BCUT2D eigenvalue weighted by atomic mass is 10.0. The maximum absolute atomic E-state index is 6.46. The van der Waals surface area contributed by atoms with Gasteiger partial charge in [-0.2, -0.15) is 10.2 Å². The van der Waals surface area contributed by atoms with Crippen LogP contribution in [-0.4, -0.2) is 36.3 Å². The van der Waals surface area contributed by atoms with E-state index in [1.807, 2.05) is 33.9 Å². The van der Waals surface area contributed by atoms with Crippen molar-refractivity contribution in [3.8, 4) is 11.3 Å². The van der Waals surface area contributed by atoms with E-state index in [0.717, 1.165) is 22.3 Å². The predicted octanol–water partition coefficient (Wildman–Crippen LogP) is 2.36. The summed E-state index contributed by atoms with van der Waals surface area (Å²) in [4.78, 5) is 4.23. The molecule has 23 heavy (non-hydrogen) atoms. The largest absolute Gasteiger partial charge is 0.297 e. The van der Waals surface area contributed by atoms with Gasteiger partial charge in [0.05, 0.1) is 47.5 Å². The first-order valence-corrected chi connectivity index (χ1v) is 7.65. The third kappa shape index (κ3) is 2.21. The van der Waals surface area contributed by atoms with Crippen LogP contribution in [0.1, 0.15) is 18.5 Å². The fraction of sp³-hybridized carbons (Fsp3) is 0.200. The molecule has 1 aliphatic heterocycles. The van der Waals surface area contributed by atoms with Gasteiger partial charge in [0.2, 0.25) is 0 Å². The lowest BCUT2D eigenvalue weighted by molar-refractivity contribution is 0.0158. The Morgan fingerprint density at radius 2 is 2.26 bits per heavy atom. The Morgan fingerprint density at radius 1 is 1.39 bits per heavy atom. The van der Waals surface area contributed by atoms with E-state index in [2.05, 4.69) is 22.1 Å². The summed E-state index contributed by atoms with van der Waals surface area (Å²) in [7, 11) is 0. The van der Waals surface area contributed by atoms with Crippen LogP contribution in [0.2, 0.25) is 5.02 Å². The summed E-state index contributed by atoms with van der Waals surface area (Å²) in [6.07, 6.45) is 11.2. The number of imidazole rings is 1. The zero-order valence-electron chi connectivity index (χ0n) is 12.5. The first-order valence-electron chi connectivity index (χ1n) is 7.27. The predicted molar refractivity (Wildman–Crippen MR) is 88.1 cm³/mol. The summed E-state index contributed by atoms with van der Waals surface area (Å²) in [5.74, 6) is 6.04. The second kappa shape index (κ2) is 5.38. The van der Waals surface area contributed by atoms with Crippen molar-refractivity contribution in [1.29, 1.82) is 0 Å². The van der Waals surface area contributed by atoms with E-state index < -0.39 is 0 Å². The van der Waals surface area contributed by atoms with Gasteiger partial charge in [-0.15, -0.1) is 0 Å². The molecule has 0 saturated heterocycles. The summed E-state index contributed by atoms with van der Waals surface area (Å²) in [6.45, 7) is 2.78. The van der Waals surface area contributed by atoms with Crippen molar-refractivity contribution >= 4 is 17.1 Å². The maximum Gasteiger partial charge on any atom is 0.0997 e. The minimum absolute atomic E-state index is 0.00736. The molecule has 1 aliphatic rings. The lowest BCUT2D eigenvalue weighted by Crippen LogP contribution is -2.42. The van der Waals surface area contributed by atoms with E-state index in [0.29, 0.717) is 11.6 Å². The van der Waals surface area contributed by atoms with Crippen LogP contribution < -0.4 is 5.84 Å². The Morgan fingerprint density at radius 3 is 2.96 bits per heavy atom. The number of nitrogens with one attached hydrogen (secondary N) is 1. The highest BCUT2D eigenvalue weighted by molar-refractivity contribution is 6.34. The summed E-state index contributed by atoms with van der Waals surface area (Å²) in [6, 6.07) is 1.99. The summed E-state index contributed by atoms with van der Waals surface area (Å²) in [5, 5.41) is 11.3. The number of halogens is 1. The molecule has 0 saturated carbocycles. The number of aromatic amines is 1. The van der Waals surface area contributed by atoms with E-state index in [1.165, 1.54) is 0 Å². The summed E-state index contributed by atoms with van der Waals surface area (Å²) in [5.41, 5.74) is 3.87. The van der Waals surface area contributed by atoms with Gasteiger partial charge in [-0.05, 0) is 19.1 Å². The van der Waals surface area contributed by atoms with Gasteiger partial charge < -0.3 is 0 Å². The fourth-order valence-corrected chi connectivity index (χ4v) is 3.27. The topological polar surface area (TPSA) is 78.5 Å². The Bertz CT molecular complexity index is 867. The van der Waals surface area contributed by atoms with E-state index in [4.69, 9.17) is 17.4 Å². The third-order valence-corrected chi connectivity index (χ3v) is 4.45. The molecule has 3 N–H and O–H groups in total. The van der Waals surface area contributed by atoms with Crippen LogP contribution in [0.5, 0.6) is 0 Å². The normalized spacial score (nSPS) is 16.6. The van der Waals surface area contributed by atoms with Gasteiger partial charge in [0.15, 0.2) is 0 Å². The van der Waals surface area contributed by atoms with E-state index >= 15 is 0 Å². The monoisotopic (exact) mass is 329 g/mol. The molecule has 0 fully saturated rings. The minimum atomic E-state index is 0.00736. The zero-order valence-corrected chi connectivity index (χ0v) is 13.3. The molecule has 3 aromatic heterocycles. The molecule has 0 amide bonds. The molecule has 118 valence electrons. The van der Waals surface area contributed by atoms with Crippen molar-refractivity contribution in [2.24, 2.45) is 5.84 Å². The van der Waals surface area contributed by atoms with Crippen molar-refractivity contribution < 1.29 is 0 Å². The van der Waals surface area contributed by atoms with Crippen LogP contribution in [0.15, 0.2) is 43.3 Å². The number of hydrogen-bond donors (Lipinski definition) is 2. The Labute approximate surface area is 137 Å². The molecule has 8 heteroatoms. The summed E-state index contributed by atoms with van der Waals surface area (Å²) >= 11 is 6.46.